The fourth-order valence-electron chi connectivity index (χ4n) is 3.47. The Labute approximate surface area is 191 Å². The van der Waals surface area contributed by atoms with Crippen LogP contribution in [0, 0.1) is 0 Å². The molecule has 8 nitrogen and oxygen atoms in total. The molecule has 1 aromatic heterocycles. The van der Waals surface area contributed by atoms with Crippen LogP contribution < -0.4 is 15.1 Å². The van der Waals surface area contributed by atoms with Crippen molar-refractivity contribution in [1.29, 1.82) is 0 Å². The molecule has 2 aromatic carbocycles. The zero-order valence-electron chi connectivity index (χ0n) is 18.5. The normalized spacial score (nSPS) is 17.2. The lowest BCUT2D eigenvalue weighted by atomic mass is 10.0. The van der Waals surface area contributed by atoms with Crippen molar-refractivity contribution in [2.24, 2.45) is 0 Å². The van der Waals surface area contributed by atoms with Crippen molar-refractivity contribution in [1.82, 2.24) is 0 Å². The summed E-state index contributed by atoms with van der Waals surface area (Å²) in [5, 5.41) is 0.757. The molecular formula is C25H28O8. The first-order valence-electron chi connectivity index (χ1n) is 11.1. The first kappa shape index (κ1) is 23.3. The van der Waals surface area contributed by atoms with Gasteiger partial charge >= 0.3 is 5.63 Å². The highest BCUT2D eigenvalue weighted by molar-refractivity contribution is 5.97. The third-order valence-corrected chi connectivity index (χ3v) is 4.99. The average Bonchev–Trinajstić information content (AvgIpc) is 2.84. The first-order valence-corrected chi connectivity index (χ1v) is 11.1. The molecule has 0 saturated carbocycles. The molecule has 0 N–H and O–H groups in total. The largest absolute Gasteiger partial charge is 0.487 e. The standard InChI is InChI=1S/C25H28O8/c26-23-18-21(19-4-2-1-3-5-19)20-6-7-22-25(24(20)33-23)32-17-15-30-13-11-28-9-8-27-10-12-29-14-16-31-22/h1-7,18H,8-17H2. The number of hydrogen-bond acceptors (Lipinski definition) is 8. The summed E-state index contributed by atoms with van der Waals surface area (Å²) in [6.45, 7) is 4.18. The molecule has 0 spiro atoms. The van der Waals surface area contributed by atoms with E-state index < -0.39 is 5.63 Å². The van der Waals surface area contributed by atoms with E-state index in [1.165, 1.54) is 6.07 Å². The van der Waals surface area contributed by atoms with Crippen LogP contribution in [0.5, 0.6) is 11.5 Å². The van der Waals surface area contributed by atoms with Crippen molar-refractivity contribution >= 4 is 11.0 Å². The molecule has 0 saturated heterocycles. The van der Waals surface area contributed by atoms with E-state index in [0.29, 0.717) is 76.5 Å². The summed E-state index contributed by atoms with van der Waals surface area (Å²) >= 11 is 0. The third-order valence-electron chi connectivity index (χ3n) is 4.99. The minimum atomic E-state index is -0.463. The molecular weight excluding hydrogens is 428 g/mol. The molecule has 1 aliphatic heterocycles. The van der Waals surface area contributed by atoms with Crippen LogP contribution in [0.2, 0.25) is 0 Å². The van der Waals surface area contributed by atoms with Crippen molar-refractivity contribution in [2.45, 2.75) is 0 Å². The van der Waals surface area contributed by atoms with Crippen LogP contribution in [0.15, 0.2) is 57.7 Å². The third kappa shape index (κ3) is 6.55. The van der Waals surface area contributed by atoms with Gasteiger partial charge in [0.25, 0.3) is 0 Å². The summed E-state index contributed by atoms with van der Waals surface area (Å²) in [4.78, 5) is 12.4. The molecule has 2 heterocycles. The van der Waals surface area contributed by atoms with Gasteiger partial charge in [-0.3, -0.25) is 0 Å². The Hall–Kier alpha value is -2.91. The van der Waals surface area contributed by atoms with Crippen molar-refractivity contribution in [3.8, 4) is 22.6 Å². The average molecular weight is 456 g/mol. The summed E-state index contributed by atoms with van der Waals surface area (Å²) in [5.74, 6) is 0.840. The van der Waals surface area contributed by atoms with Crippen LogP contribution in [0.4, 0.5) is 0 Å². The molecule has 0 amide bonds. The fraction of sp³-hybridized carbons (Fsp3) is 0.400. The van der Waals surface area contributed by atoms with E-state index in [1.807, 2.05) is 42.5 Å². The highest BCUT2D eigenvalue weighted by Gasteiger charge is 2.17. The monoisotopic (exact) mass is 456 g/mol. The molecule has 3 aromatic rings. The van der Waals surface area contributed by atoms with Gasteiger partial charge in [-0.1, -0.05) is 30.3 Å². The lowest BCUT2D eigenvalue weighted by Gasteiger charge is -2.16. The smallest absolute Gasteiger partial charge is 0.336 e. The summed E-state index contributed by atoms with van der Waals surface area (Å²) in [6.07, 6.45) is 0. The molecule has 1 aliphatic rings. The zero-order chi connectivity index (χ0) is 22.7. The number of fused-ring (bicyclic) bond motifs is 3. The lowest BCUT2D eigenvalue weighted by Crippen LogP contribution is -2.16. The number of rotatable bonds is 1. The number of benzene rings is 2. The highest BCUT2D eigenvalue weighted by atomic mass is 16.6. The highest BCUT2D eigenvalue weighted by Crippen LogP contribution is 2.39. The fourth-order valence-corrected chi connectivity index (χ4v) is 3.47. The second-order valence-corrected chi connectivity index (χ2v) is 7.26. The summed E-state index contributed by atoms with van der Waals surface area (Å²) < 4.78 is 39.6. The molecule has 0 bridgehead atoms. The Morgan fingerprint density at radius 3 is 1.82 bits per heavy atom. The molecule has 0 fully saturated rings. The van der Waals surface area contributed by atoms with Gasteiger partial charge in [0.05, 0.1) is 52.9 Å². The molecule has 4 rings (SSSR count). The maximum atomic E-state index is 12.4. The van der Waals surface area contributed by atoms with Gasteiger partial charge in [0.2, 0.25) is 5.75 Å². The molecule has 176 valence electrons. The molecule has 8 heteroatoms. The number of hydrogen-bond donors (Lipinski definition) is 0. The second-order valence-electron chi connectivity index (χ2n) is 7.26. The predicted octanol–water partition coefficient (Wildman–Crippen LogP) is 3.30. The van der Waals surface area contributed by atoms with Gasteiger partial charge in [-0.2, -0.15) is 0 Å². The van der Waals surface area contributed by atoms with Crippen LogP contribution in [0.25, 0.3) is 22.1 Å². The quantitative estimate of drug-likeness (QED) is 0.516. The van der Waals surface area contributed by atoms with Crippen molar-refractivity contribution in [2.75, 3.05) is 66.1 Å². The van der Waals surface area contributed by atoms with Gasteiger partial charge < -0.3 is 32.8 Å². The Bertz CT molecular complexity index is 1060. The lowest BCUT2D eigenvalue weighted by molar-refractivity contribution is -0.00838. The Morgan fingerprint density at radius 1 is 0.606 bits per heavy atom. The van der Waals surface area contributed by atoms with E-state index in [1.54, 1.807) is 0 Å². The molecule has 0 atom stereocenters. The topological polar surface area (TPSA) is 85.6 Å². The minimum Gasteiger partial charge on any atom is -0.487 e. The van der Waals surface area contributed by atoms with Crippen molar-refractivity contribution in [3.63, 3.8) is 0 Å². The van der Waals surface area contributed by atoms with Crippen LogP contribution >= 0.6 is 0 Å². The Balaban J connectivity index is 1.62. The van der Waals surface area contributed by atoms with Gasteiger partial charge in [0, 0.05) is 11.5 Å². The Kier molecular flexibility index (Phi) is 8.71. The van der Waals surface area contributed by atoms with E-state index in [2.05, 4.69) is 0 Å². The molecule has 0 aliphatic carbocycles. The predicted molar refractivity (Wildman–Crippen MR) is 122 cm³/mol. The van der Waals surface area contributed by atoms with Gasteiger partial charge in [-0.25, -0.2) is 4.79 Å². The molecule has 0 unspecified atom stereocenters. The van der Waals surface area contributed by atoms with E-state index in [-0.39, 0.29) is 6.61 Å². The van der Waals surface area contributed by atoms with Crippen LogP contribution in [-0.4, -0.2) is 66.1 Å². The van der Waals surface area contributed by atoms with Crippen molar-refractivity contribution < 1.29 is 32.8 Å². The van der Waals surface area contributed by atoms with Crippen LogP contribution in [0.3, 0.4) is 0 Å². The van der Waals surface area contributed by atoms with E-state index in [4.69, 9.17) is 32.8 Å². The van der Waals surface area contributed by atoms with Crippen LogP contribution in [0.1, 0.15) is 0 Å². The van der Waals surface area contributed by atoms with Gasteiger partial charge in [-0.05, 0) is 23.3 Å². The summed E-state index contributed by atoms with van der Waals surface area (Å²) in [7, 11) is 0. The summed E-state index contributed by atoms with van der Waals surface area (Å²) in [6, 6.07) is 14.9. The zero-order valence-corrected chi connectivity index (χ0v) is 18.5. The van der Waals surface area contributed by atoms with Crippen molar-refractivity contribution in [3.05, 3.63) is 59.0 Å². The van der Waals surface area contributed by atoms with Gasteiger partial charge in [-0.15, -0.1) is 0 Å². The number of ether oxygens (including phenoxy) is 6. The van der Waals surface area contributed by atoms with E-state index in [0.717, 1.165) is 16.5 Å². The van der Waals surface area contributed by atoms with Gasteiger partial charge in [0.1, 0.15) is 13.2 Å². The maximum absolute atomic E-state index is 12.4. The van der Waals surface area contributed by atoms with E-state index in [9.17, 15) is 4.79 Å². The Morgan fingerprint density at radius 2 is 1.18 bits per heavy atom. The van der Waals surface area contributed by atoms with E-state index >= 15 is 0 Å². The second kappa shape index (κ2) is 12.4. The minimum absolute atomic E-state index is 0.258. The summed E-state index contributed by atoms with van der Waals surface area (Å²) in [5.41, 5.74) is 1.56. The molecule has 0 radical (unpaired) electrons. The first-order chi connectivity index (χ1) is 16.3. The van der Waals surface area contributed by atoms with Crippen LogP contribution in [-0.2, 0) is 18.9 Å². The maximum Gasteiger partial charge on any atom is 0.336 e. The molecule has 33 heavy (non-hydrogen) atoms. The van der Waals surface area contributed by atoms with Gasteiger partial charge in [0.15, 0.2) is 11.3 Å². The SMILES string of the molecule is O=c1cc(-c2ccccc2)c2ccc3c(c2o1)OCCOCCOCCOCCOCCO3.